The average Bonchev–Trinajstić information content (AvgIpc) is 2.71. The van der Waals surface area contributed by atoms with Crippen LogP contribution in [0.3, 0.4) is 0 Å². The molecule has 0 heterocycles. The van der Waals surface area contributed by atoms with Crippen molar-refractivity contribution >= 4 is 27.7 Å². The summed E-state index contributed by atoms with van der Waals surface area (Å²) in [6, 6.07) is 9.23. The van der Waals surface area contributed by atoms with E-state index < -0.39 is 15.9 Å². The standard InChI is InChI=1S/C21H26N2O6S/c1-14(2)23-30(25,26)16-8-10-18(27-3)17(13-16)22-21(24)11-7-15-6-9-19(28-4)20(12-15)29-5/h6-14,23H,1-5H3,(H,22,24)/b11-7+. The van der Waals surface area contributed by atoms with Gasteiger partial charge >= 0.3 is 0 Å². The van der Waals surface area contributed by atoms with Crippen molar-refractivity contribution in [2.75, 3.05) is 26.6 Å². The zero-order valence-electron chi connectivity index (χ0n) is 17.6. The van der Waals surface area contributed by atoms with Gasteiger partial charge in [-0.25, -0.2) is 13.1 Å². The molecular formula is C21H26N2O6S. The van der Waals surface area contributed by atoms with Crippen LogP contribution in [0.5, 0.6) is 17.2 Å². The number of ether oxygens (including phenoxy) is 3. The van der Waals surface area contributed by atoms with Gasteiger partial charge in [-0.05, 0) is 55.8 Å². The number of hydrogen-bond donors (Lipinski definition) is 2. The van der Waals surface area contributed by atoms with Crippen LogP contribution < -0.4 is 24.2 Å². The third-order valence-corrected chi connectivity index (χ3v) is 5.62. The van der Waals surface area contributed by atoms with E-state index in [0.717, 1.165) is 5.56 Å². The first kappa shape index (κ1) is 23.2. The van der Waals surface area contributed by atoms with Gasteiger partial charge in [0.2, 0.25) is 15.9 Å². The molecule has 0 saturated heterocycles. The Bertz CT molecular complexity index is 1030. The van der Waals surface area contributed by atoms with Gasteiger partial charge in [-0.15, -0.1) is 0 Å². The molecule has 2 aromatic carbocycles. The molecule has 1 amide bonds. The Hall–Kier alpha value is -3.04. The lowest BCUT2D eigenvalue weighted by molar-refractivity contribution is -0.111. The van der Waals surface area contributed by atoms with Gasteiger partial charge in [-0.3, -0.25) is 4.79 Å². The smallest absolute Gasteiger partial charge is 0.248 e. The zero-order valence-corrected chi connectivity index (χ0v) is 18.4. The molecule has 0 aliphatic carbocycles. The van der Waals surface area contributed by atoms with Crippen molar-refractivity contribution in [3.05, 3.63) is 48.0 Å². The number of amides is 1. The quantitative estimate of drug-likeness (QED) is 0.588. The van der Waals surface area contributed by atoms with Crippen LogP contribution in [-0.4, -0.2) is 41.7 Å². The van der Waals surface area contributed by atoms with E-state index in [-0.39, 0.29) is 16.6 Å². The summed E-state index contributed by atoms with van der Waals surface area (Å²) in [5.74, 6) is 1.01. The molecule has 0 aromatic heterocycles. The van der Waals surface area contributed by atoms with E-state index in [1.165, 1.54) is 38.5 Å². The fourth-order valence-electron chi connectivity index (χ4n) is 2.63. The van der Waals surface area contributed by atoms with Gasteiger partial charge in [0, 0.05) is 12.1 Å². The normalized spacial score (nSPS) is 11.5. The van der Waals surface area contributed by atoms with Crippen molar-refractivity contribution < 1.29 is 27.4 Å². The van der Waals surface area contributed by atoms with E-state index in [9.17, 15) is 13.2 Å². The number of methoxy groups -OCH3 is 3. The molecule has 30 heavy (non-hydrogen) atoms. The highest BCUT2D eigenvalue weighted by molar-refractivity contribution is 7.89. The zero-order chi connectivity index (χ0) is 22.3. The average molecular weight is 435 g/mol. The minimum absolute atomic E-state index is 0.0242. The molecule has 9 heteroatoms. The van der Waals surface area contributed by atoms with Crippen LogP contribution in [0.4, 0.5) is 5.69 Å². The lowest BCUT2D eigenvalue weighted by Crippen LogP contribution is -2.30. The highest BCUT2D eigenvalue weighted by atomic mass is 32.2. The maximum Gasteiger partial charge on any atom is 0.248 e. The number of carbonyl (C=O) groups is 1. The highest BCUT2D eigenvalue weighted by Gasteiger charge is 2.18. The summed E-state index contributed by atoms with van der Waals surface area (Å²) in [6.45, 7) is 3.45. The van der Waals surface area contributed by atoms with Crippen molar-refractivity contribution in [2.24, 2.45) is 0 Å². The predicted octanol–water partition coefficient (Wildman–Crippen LogP) is 3.05. The summed E-state index contributed by atoms with van der Waals surface area (Å²) in [6.07, 6.45) is 2.93. The van der Waals surface area contributed by atoms with Gasteiger partial charge < -0.3 is 19.5 Å². The number of rotatable bonds is 9. The maximum atomic E-state index is 12.4. The fourth-order valence-corrected chi connectivity index (χ4v) is 3.91. The molecule has 0 atom stereocenters. The number of benzene rings is 2. The summed E-state index contributed by atoms with van der Waals surface area (Å²) >= 11 is 0. The first-order valence-electron chi connectivity index (χ1n) is 9.11. The van der Waals surface area contributed by atoms with Crippen LogP contribution in [0.15, 0.2) is 47.4 Å². The fraction of sp³-hybridized carbons (Fsp3) is 0.286. The molecule has 0 fully saturated rings. The predicted molar refractivity (Wildman–Crippen MR) is 116 cm³/mol. The summed E-state index contributed by atoms with van der Waals surface area (Å²) in [5.41, 5.74) is 0.971. The van der Waals surface area contributed by atoms with E-state index in [1.807, 2.05) is 0 Å². The second-order valence-corrected chi connectivity index (χ2v) is 8.29. The van der Waals surface area contributed by atoms with Gasteiger partial charge in [-0.2, -0.15) is 0 Å². The second-order valence-electron chi connectivity index (χ2n) is 6.58. The van der Waals surface area contributed by atoms with Crippen LogP contribution in [0, 0.1) is 0 Å². The monoisotopic (exact) mass is 434 g/mol. The van der Waals surface area contributed by atoms with Crippen molar-refractivity contribution in [1.82, 2.24) is 4.72 Å². The van der Waals surface area contributed by atoms with Crippen molar-refractivity contribution in [3.63, 3.8) is 0 Å². The molecule has 2 aromatic rings. The molecule has 2 rings (SSSR count). The SMILES string of the molecule is COc1ccc(S(=O)(=O)NC(C)C)cc1NC(=O)/C=C/c1ccc(OC)c(OC)c1. The van der Waals surface area contributed by atoms with Crippen molar-refractivity contribution in [1.29, 1.82) is 0 Å². The van der Waals surface area contributed by atoms with Gasteiger partial charge in [0.05, 0.1) is 31.9 Å². The van der Waals surface area contributed by atoms with Gasteiger partial charge in [0.15, 0.2) is 11.5 Å². The third-order valence-electron chi connectivity index (χ3n) is 3.96. The Balaban J connectivity index is 2.23. The summed E-state index contributed by atoms with van der Waals surface area (Å²) in [4.78, 5) is 12.4. The molecule has 162 valence electrons. The van der Waals surface area contributed by atoms with Crippen LogP contribution >= 0.6 is 0 Å². The van der Waals surface area contributed by atoms with Crippen molar-refractivity contribution in [3.8, 4) is 17.2 Å². The summed E-state index contributed by atoms with van der Waals surface area (Å²) < 4.78 is 43.0. The largest absolute Gasteiger partial charge is 0.495 e. The molecule has 0 aliphatic heterocycles. The van der Waals surface area contributed by atoms with Crippen LogP contribution in [-0.2, 0) is 14.8 Å². The molecule has 0 radical (unpaired) electrons. The molecule has 2 N–H and O–H groups in total. The molecule has 0 aliphatic rings. The summed E-state index contributed by atoms with van der Waals surface area (Å²) in [7, 11) is 0.791. The number of sulfonamides is 1. The molecule has 0 unspecified atom stereocenters. The van der Waals surface area contributed by atoms with E-state index in [1.54, 1.807) is 45.2 Å². The first-order chi connectivity index (χ1) is 14.2. The van der Waals surface area contributed by atoms with Crippen LogP contribution in [0.25, 0.3) is 6.08 Å². The Morgan fingerprint density at radius 1 is 0.933 bits per heavy atom. The lowest BCUT2D eigenvalue weighted by atomic mass is 10.2. The summed E-state index contributed by atoms with van der Waals surface area (Å²) in [5, 5.41) is 2.65. The van der Waals surface area contributed by atoms with Crippen LogP contribution in [0.1, 0.15) is 19.4 Å². The van der Waals surface area contributed by atoms with Crippen LogP contribution in [0.2, 0.25) is 0 Å². The Morgan fingerprint density at radius 3 is 2.17 bits per heavy atom. The molecule has 8 nitrogen and oxygen atoms in total. The number of hydrogen-bond acceptors (Lipinski definition) is 6. The van der Waals surface area contributed by atoms with Crippen molar-refractivity contribution in [2.45, 2.75) is 24.8 Å². The van der Waals surface area contributed by atoms with E-state index in [0.29, 0.717) is 17.2 Å². The molecular weight excluding hydrogens is 408 g/mol. The molecule has 0 spiro atoms. The third kappa shape index (κ3) is 5.98. The van der Waals surface area contributed by atoms with E-state index >= 15 is 0 Å². The van der Waals surface area contributed by atoms with E-state index in [2.05, 4.69) is 10.0 Å². The topological polar surface area (TPSA) is 103 Å². The van der Waals surface area contributed by atoms with Gasteiger partial charge in [0.1, 0.15) is 5.75 Å². The Morgan fingerprint density at radius 2 is 1.57 bits per heavy atom. The first-order valence-corrected chi connectivity index (χ1v) is 10.6. The van der Waals surface area contributed by atoms with Gasteiger partial charge in [-0.1, -0.05) is 6.07 Å². The van der Waals surface area contributed by atoms with Gasteiger partial charge in [0.25, 0.3) is 0 Å². The minimum Gasteiger partial charge on any atom is -0.495 e. The Kier molecular flexibility index (Phi) is 7.85. The maximum absolute atomic E-state index is 12.4. The molecule has 0 bridgehead atoms. The number of carbonyl (C=O) groups excluding carboxylic acids is 1. The highest BCUT2D eigenvalue weighted by Crippen LogP contribution is 2.29. The number of nitrogens with one attached hydrogen (secondary N) is 2. The second kappa shape index (κ2) is 10.1. The Labute approximate surface area is 176 Å². The minimum atomic E-state index is -3.71. The lowest BCUT2D eigenvalue weighted by Gasteiger charge is -2.13. The number of anilines is 1. The van der Waals surface area contributed by atoms with E-state index in [4.69, 9.17) is 14.2 Å². The molecule has 0 saturated carbocycles.